The molecule has 0 aliphatic carbocycles. The largest absolute Gasteiger partial charge is 1.00 e. The number of fused-ring (bicyclic) bond motifs is 2. The van der Waals surface area contributed by atoms with Gasteiger partial charge in [-0.2, -0.15) is 4.57 Å². The molecule has 3 aromatic carbocycles. The zero-order valence-corrected chi connectivity index (χ0v) is 32.0. The van der Waals surface area contributed by atoms with Gasteiger partial charge in [-0.15, -0.1) is 0 Å². The van der Waals surface area contributed by atoms with Crippen molar-refractivity contribution < 1.29 is 61.7 Å². The minimum atomic E-state index is 0. The first-order valence-electron chi connectivity index (χ1n) is 15.3. The Kier molecular flexibility index (Phi) is 13.7. The van der Waals surface area contributed by atoms with E-state index in [-0.39, 0.29) is 48.0 Å². The van der Waals surface area contributed by atoms with E-state index < -0.39 is 0 Å². The first kappa shape index (κ1) is 36.4. The van der Waals surface area contributed by atoms with Crippen LogP contribution in [-0.2, 0) is 0 Å². The van der Waals surface area contributed by atoms with E-state index in [0.29, 0.717) is 0 Å². The molecule has 5 rings (SSSR count). The highest BCUT2D eigenvalue weighted by Gasteiger charge is 2.27. The Morgan fingerprint density at radius 3 is 2.30 bits per heavy atom. The van der Waals surface area contributed by atoms with Crippen LogP contribution >= 0.6 is 11.8 Å². The number of halogens is 2. The number of hydrogen-bond donors (Lipinski definition) is 0. The first-order valence-corrected chi connectivity index (χ1v) is 16.1. The summed E-state index contributed by atoms with van der Waals surface area (Å²) in [6.45, 7) is 8.90. The van der Waals surface area contributed by atoms with Crippen LogP contribution in [0.3, 0.4) is 0 Å². The Hall–Kier alpha value is -2.02. The Labute approximate surface area is 302 Å². The summed E-state index contributed by atoms with van der Waals surface area (Å²) in [5.74, 6) is 2.09. The van der Waals surface area contributed by atoms with Crippen LogP contribution in [0, 0.1) is 0 Å². The molecule has 0 saturated carbocycles. The number of quaternary nitrogens is 1. The molecule has 0 fully saturated rings. The lowest BCUT2D eigenvalue weighted by molar-refractivity contribution is -0.888. The monoisotopic (exact) mass is 836 g/mol. The topological polar surface area (TPSA) is 19.6 Å². The van der Waals surface area contributed by atoms with E-state index in [9.17, 15) is 0 Å². The fraction of sp³-hybridized carbons (Fsp3) is 0.361. The molecule has 4 aromatic rings. The highest BCUT2D eigenvalue weighted by molar-refractivity contribution is 8.03. The van der Waals surface area contributed by atoms with E-state index in [1.807, 2.05) is 11.8 Å². The number of methoxy groups -OCH3 is 1. The summed E-state index contributed by atoms with van der Waals surface area (Å²) in [7, 11) is 8.59. The number of thioether (sulfide) groups is 1. The molecule has 236 valence electrons. The van der Waals surface area contributed by atoms with Crippen molar-refractivity contribution in [3.63, 3.8) is 0 Å². The van der Waals surface area contributed by atoms with Crippen molar-refractivity contribution in [3.05, 3.63) is 89.5 Å². The number of nitrogens with zero attached hydrogens (tertiary/aromatic N) is 4. The van der Waals surface area contributed by atoms with E-state index in [1.54, 1.807) is 7.11 Å². The predicted octanol–water partition coefficient (Wildman–Crippen LogP) is 1.77. The lowest BCUT2D eigenvalue weighted by Gasteiger charge is -2.29. The van der Waals surface area contributed by atoms with Crippen LogP contribution < -0.4 is 67.1 Å². The van der Waals surface area contributed by atoms with E-state index in [0.717, 1.165) is 66.9 Å². The number of para-hydroxylation sites is 2. The van der Waals surface area contributed by atoms with Crippen LogP contribution in [0.5, 0.6) is 5.75 Å². The second-order valence-corrected chi connectivity index (χ2v) is 12.9. The zero-order chi connectivity index (χ0) is 29.7. The molecule has 0 spiro atoms. The lowest BCUT2D eigenvalue weighted by atomic mass is 10.1. The van der Waals surface area contributed by atoms with Crippen LogP contribution in [-0.4, -0.2) is 58.9 Å². The minimum absolute atomic E-state index is 0. The SMILES string of the molecule is CCCCN(CCC[N+](C)(C)CC)c1cc(C=C2Sc3ccccc3N2C)c2ccc(OC)cc2[n+]1-c1ccccc1.[I-].[I-]. The van der Waals surface area contributed by atoms with Gasteiger partial charge in [0.05, 0.1) is 58.1 Å². The van der Waals surface area contributed by atoms with Crippen LogP contribution in [0.1, 0.15) is 38.7 Å². The number of ether oxygens (including phenoxy) is 1. The number of pyridine rings is 1. The van der Waals surface area contributed by atoms with Gasteiger partial charge < -0.3 is 62.1 Å². The zero-order valence-electron chi connectivity index (χ0n) is 26.9. The Bertz CT molecular complexity index is 1560. The number of benzene rings is 3. The summed E-state index contributed by atoms with van der Waals surface area (Å²) < 4.78 is 9.25. The van der Waals surface area contributed by atoms with E-state index in [2.05, 4.69) is 134 Å². The van der Waals surface area contributed by atoms with Crippen LogP contribution in [0.4, 0.5) is 11.5 Å². The molecular weight excluding hydrogens is 790 g/mol. The molecule has 0 N–H and O–H groups in total. The summed E-state index contributed by atoms with van der Waals surface area (Å²) >= 11 is 1.84. The van der Waals surface area contributed by atoms with Crippen molar-refractivity contribution in [2.24, 2.45) is 0 Å². The normalized spacial score (nSPS) is 13.4. The van der Waals surface area contributed by atoms with Gasteiger partial charge in [-0.05, 0) is 61.4 Å². The number of aromatic nitrogens is 1. The maximum Gasteiger partial charge on any atom is 0.282 e. The average Bonchev–Trinajstić information content (AvgIpc) is 3.33. The standard InChI is InChI=1S/C36H46N4OS.2HI/c1-7-9-22-38(23-15-24-40(4,5)8-2)35-25-28(26-36-37(3)32-18-13-14-19-34(32)42-36)31-21-20-30(41-6)27-33(31)39(35)29-16-11-10-12-17-29;;/h10-14,16-21,25-27H,7-9,15,22-24H2,1-6H3;2*1H/q+2;;/p-2. The van der Waals surface area contributed by atoms with Gasteiger partial charge in [0.15, 0.2) is 0 Å². The van der Waals surface area contributed by atoms with Gasteiger partial charge in [0.1, 0.15) is 17.0 Å². The third-order valence-electron chi connectivity index (χ3n) is 8.49. The van der Waals surface area contributed by atoms with Gasteiger partial charge in [-0.1, -0.05) is 55.4 Å². The van der Waals surface area contributed by atoms with E-state index in [4.69, 9.17) is 4.74 Å². The average molecular weight is 837 g/mol. The molecule has 44 heavy (non-hydrogen) atoms. The summed E-state index contributed by atoms with van der Waals surface area (Å²) in [5.41, 5.74) is 4.80. The molecule has 2 heterocycles. The summed E-state index contributed by atoms with van der Waals surface area (Å²) in [4.78, 5) is 6.23. The molecule has 8 heteroatoms. The highest BCUT2D eigenvalue weighted by atomic mass is 127. The van der Waals surface area contributed by atoms with Crippen molar-refractivity contribution in [2.45, 2.75) is 38.0 Å². The van der Waals surface area contributed by atoms with Crippen molar-refractivity contribution in [2.75, 3.05) is 64.2 Å². The number of hydrogen-bond acceptors (Lipinski definition) is 4. The van der Waals surface area contributed by atoms with Crippen LogP contribution in [0.15, 0.2) is 88.8 Å². The van der Waals surface area contributed by atoms with Gasteiger partial charge in [-0.25, -0.2) is 0 Å². The Morgan fingerprint density at radius 1 is 0.909 bits per heavy atom. The van der Waals surface area contributed by atoms with E-state index >= 15 is 0 Å². The highest BCUT2D eigenvalue weighted by Crippen LogP contribution is 2.46. The molecule has 1 aliphatic heterocycles. The summed E-state index contributed by atoms with van der Waals surface area (Å²) in [6, 6.07) is 28.4. The van der Waals surface area contributed by atoms with Crippen LogP contribution in [0.2, 0.25) is 0 Å². The quantitative estimate of drug-likeness (QED) is 0.123. The maximum atomic E-state index is 5.77. The van der Waals surface area contributed by atoms with Gasteiger partial charge in [0, 0.05) is 35.9 Å². The summed E-state index contributed by atoms with van der Waals surface area (Å²) in [5, 5.41) is 2.44. The molecule has 0 saturated heterocycles. The van der Waals surface area contributed by atoms with Crippen molar-refractivity contribution >= 4 is 40.2 Å². The van der Waals surface area contributed by atoms with Crippen LogP contribution in [0.25, 0.3) is 22.7 Å². The molecule has 1 aliphatic rings. The third-order valence-corrected chi connectivity index (χ3v) is 9.65. The maximum absolute atomic E-state index is 5.77. The summed E-state index contributed by atoms with van der Waals surface area (Å²) in [6.07, 6.45) is 5.82. The predicted molar refractivity (Wildman–Crippen MR) is 180 cm³/mol. The Balaban J connectivity index is 0.00000264. The van der Waals surface area contributed by atoms with Gasteiger partial charge in [-0.3, -0.25) is 4.90 Å². The number of rotatable bonds is 12. The number of anilines is 2. The van der Waals surface area contributed by atoms with Gasteiger partial charge in [0.2, 0.25) is 0 Å². The molecule has 1 aromatic heterocycles. The molecule has 0 atom stereocenters. The smallest absolute Gasteiger partial charge is 0.282 e. The first-order chi connectivity index (χ1) is 20.3. The molecule has 0 radical (unpaired) electrons. The van der Waals surface area contributed by atoms with Crippen molar-refractivity contribution in [3.8, 4) is 11.4 Å². The second kappa shape index (κ2) is 16.5. The Morgan fingerprint density at radius 2 is 1.61 bits per heavy atom. The minimum Gasteiger partial charge on any atom is -1.00 e. The van der Waals surface area contributed by atoms with Crippen molar-refractivity contribution in [1.82, 2.24) is 0 Å². The fourth-order valence-electron chi connectivity index (χ4n) is 5.59. The molecule has 0 unspecified atom stereocenters. The van der Waals surface area contributed by atoms with Crippen molar-refractivity contribution in [1.29, 1.82) is 0 Å². The van der Waals surface area contributed by atoms with E-state index in [1.165, 1.54) is 32.4 Å². The lowest BCUT2D eigenvalue weighted by Crippen LogP contribution is -3.00. The molecule has 5 nitrogen and oxygen atoms in total. The molecule has 0 amide bonds. The molecular formula is C36H46I2N4OS. The number of unbranched alkanes of at least 4 members (excludes halogenated alkanes) is 1. The second-order valence-electron chi connectivity index (χ2n) is 11.8. The fourth-order valence-corrected chi connectivity index (χ4v) is 6.69. The van der Waals surface area contributed by atoms with Gasteiger partial charge >= 0.3 is 0 Å². The third kappa shape index (κ3) is 8.22. The van der Waals surface area contributed by atoms with Gasteiger partial charge in [0.25, 0.3) is 5.82 Å². The molecule has 0 bridgehead atoms.